The minimum atomic E-state index is -1.28. The fraction of sp³-hybridized carbons (Fsp3) is 0.176. The van der Waals surface area contributed by atoms with Crippen LogP contribution in [0.25, 0.3) is 0 Å². The zero-order valence-electron chi connectivity index (χ0n) is 12.1. The highest BCUT2D eigenvalue weighted by molar-refractivity contribution is 5.94. The van der Waals surface area contributed by atoms with E-state index < -0.39 is 12.0 Å². The van der Waals surface area contributed by atoms with Crippen molar-refractivity contribution in [3.63, 3.8) is 0 Å². The van der Waals surface area contributed by atoms with Crippen molar-refractivity contribution in [1.29, 1.82) is 5.26 Å². The Labute approximate surface area is 128 Å². The van der Waals surface area contributed by atoms with Crippen molar-refractivity contribution >= 4 is 11.6 Å². The van der Waals surface area contributed by atoms with Crippen LogP contribution >= 0.6 is 0 Å². The standard InChI is InChI=1S/C17H16N2O3/c1-22-15-4-2-3-13(11-15)16(20)17(21)19-14-7-5-12(6-8-14)9-10-18/h2-8,11,16,20H,9H2,1H3,(H,19,21). The molecule has 0 radical (unpaired) electrons. The second-order valence-corrected chi connectivity index (χ2v) is 4.70. The van der Waals surface area contributed by atoms with Crippen molar-refractivity contribution in [3.05, 3.63) is 59.7 Å². The van der Waals surface area contributed by atoms with Gasteiger partial charge in [-0.05, 0) is 35.4 Å². The van der Waals surface area contributed by atoms with Crippen LogP contribution in [0.5, 0.6) is 5.75 Å². The Morgan fingerprint density at radius 3 is 2.68 bits per heavy atom. The van der Waals surface area contributed by atoms with Crippen molar-refractivity contribution in [2.45, 2.75) is 12.5 Å². The number of hydrogen-bond donors (Lipinski definition) is 2. The lowest BCUT2D eigenvalue weighted by molar-refractivity contribution is -0.124. The molecule has 1 atom stereocenters. The van der Waals surface area contributed by atoms with Gasteiger partial charge in [0.05, 0.1) is 19.6 Å². The van der Waals surface area contributed by atoms with Gasteiger partial charge in [-0.25, -0.2) is 0 Å². The first-order chi connectivity index (χ1) is 10.6. The summed E-state index contributed by atoms with van der Waals surface area (Å²) in [7, 11) is 1.52. The van der Waals surface area contributed by atoms with E-state index in [0.29, 0.717) is 23.4 Å². The lowest BCUT2D eigenvalue weighted by atomic mass is 10.1. The monoisotopic (exact) mass is 296 g/mol. The third-order valence-corrected chi connectivity index (χ3v) is 3.16. The van der Waals surface area contributed by atoms with Crippen molar-refractivity contribution < 1.29 is 14.6 Å². The van der Waals surface area contributed by atoms with Gasteiger partial charge in [0.1, 0.15) is 5.75 Å². The number of nitrogens with one attached hydrogen (secondary N) is 1. The molecule has 2 aromatic rings. The Balaban J connectivity index is 2.06. The predicted octanol–water partition coefficient (Wildman–Crippen LogP) is 2.43. The Kier molecular flexibility index (Phi) is 5.12. The third kappa shape index (κ3) is 3.84. The molecule has 22 heavy (non-hydrogen) atoms. The topological polar surface area (TPSA) is 82.3 Å². The van der Waals surface area contributed by atoms with E-state index in [1.54, 1.807) is 48.5 Å². The van der Waals surface area contributed by atoms with Gasteiger partial charge in [0, 0.05) is 5.69 Å². The number of carbonyl (C=O) groups excluding carboxylic acids is 1. The van der Waals surface area contributed by atoms with Gasteiger partial charge in [-0.2, -0.15) is 5.26 Å². The molecule has 0 aromatic heterocycles. The molecule has 2 aromatic carbocycles. The van der Waals surface area contributed by atoms with Crippen LogP contribution in [0.15, 0.2) is 48.5 Å². The van der Waals surface area contributed by atoms with E-state index in [4.69, 9.17) is 10.00 Å². The molecule has 0 saturated heterocycles. The summed E-state index contributed by atoms with van der Waals surface area (Å²) < 4.78 is 5.07. The van der Waals surface area contributed by atoms with Crippen LogP contribution in [0, 0.1) is 11.3 Å². The molecule has 5 heteroatoms. The number of ether oxygens (including phenoxy) is 1. The quantitative estimate of drug-likeness (QED) is 0.887. The maximum Gasteiger partial charge on any atom is 0.257 e. The fourth-order valence-corrected chi connectivity index (χ4v) is 1.97. The number of aliphatic hydroxyl groups is 1. The summed E-state index contributed by atoms with van der Waals surface area (Å²) in [6, 6.07) is 15.7. The molecule has 1 amide bonds. The molecule has 0 bridgehead atoms. The zero-order valence-corrected chi connectivity index (χ0v) is 12.1. The maximum absolute atomic E-state index is 12.1. The summed E-state index contributed by atoms with van der Waals surface area (Å²) in [6.07, 6.45) is -0.963. The average molecular weight is 296 g/mol. The summed E-state index contributed by atoms with van der Waals surface area (Å²) >= 11 is 0. The number of hydrogen-bond acceptors (Lipinski definition) is 4. The van der Waals surface area contributed by atoms with Crippen molar-refractivity contribution in [3.8, 4) is 11.8 Å². The number of anilines is 1. The Morgan fingerprint density at radius 2 is 2.05 bits per heavy atom. The van der Waals surface area contributed by atoms with Crippen LogP contribution in [0.4, 0.5) is 5.69 Å². The number of aliphatic hydroxyl groups excluding tert-OH is 1. The largest absolute Gasteiger partial charge is 0.497 e. The first kappa shape index (κ1) is 15.5. The van der Waals surface area contributed by atoms with Gasteiger partial charge in [0.15, 0.2) is 6.10 Å². The van der Waals surface area contributed by atoms with E-state index in [1.165, 1.54) is 7.11 Å². The lowest BCUT2D eigenvalue weighted by Gasteiger charge is -2.13. The number of rotatable bonds is 5. The van der Waals surface area contributed by atoms with Crippen LogP contribution in [-0.4, -0.2) is 18.1 Å². The number of amides is 1. The van der Waals surface area contributed by atoms with Gasteiger partial charge in [-0.15, -0.1) is 0 Å². The van der Waals surface area contributed by atoms with E-state index in [-0.39, 0.29) is 0 Å². The molecule has 5 nitrogen and oxygen atoms in total. The number of nitrogens with zero attached hydrogens (tertiary/aromatic N) is 1. The highest BCUT2D eigenvalue weighted by Gasteiger charge is 2.17. The van der Waals surface area contributed by atoms with Crippen molar-refractivity contribution in [2.75, 3.05) is 12.4 Å². The van der Waals surface area contributed by atoms with Crippen LogP contribution < -0.4 is 10.1 Å². The predicted molar refractivity (Wildman–Crippen MR) is 82.3 cm³/mol. The molecule has 0 aliphatic rings. The Bertz CT molecular complexity index is 690. The summed E-state index contributed by atoms with van der Waals surface area (Å²) in [5.41, 5.74) is 1.89. The normalized spacial score (nSPS) is 11.3. The van der Waals surface area contributed by atoms with Crippen molar-refractivity contribution in [2.24, 2.45) is 0 Å². The minimum Gasteiger partial charge on any atom is -0.497 e. The Morgan fingerprint density at radius 1 is 1.32 bits per heavy atom. The molecule has 0 aliphatic heterocycles. The van der Waals surface area contributed by atoms with E-state index in [9.17, 15) is 9.90 Å². The second kappa shape index (κ2) is 7.25. The van der Waals surface area contributed by atoms with Crippen LogP contribution in [-0.2, 0) is 11.2 Å². The molecule has 112 valence electrons. The van der Waals surface area contributed by atoms with Crippen LogP contribution in [0.2, 0.25) is 0 Å². The highest BCUT2D eigenvalue weighted by atomic mass is 16.5. The highest BCUT2D eigenvalue weighted by Crippen LogP contribution is 2.20. The van der Waals surface area contributed by atoms with Gasteiger partial charge in [-0.1, -0.05) is 24.3 Å². The molecule has 2 N–H and O–H groups in total. The van der Waals surface area contributed by atoms with Gasteiger partial charge in [0.25, 0.3) is 5.91 Å². The first-order valence-electron chi connectivity index (χ1n) is 6.73. The summed E-state index contributed by atoms with van der Waals surface area (Å²) in [5, 5.41) is 21.3. The molecule has 0 spiro atoms. The Hall–Kier alpha value is -2.84. The average Bonchev–Trinajstić information content (AvgIpc) is 2.56. The lowest BCUT2D eigenvalue weighted by Crippen LogP contribution is -2.20. The SMILES string of the molecule is COc1cccc(C(O)C(=O)Nc2ccc(CC#N)cc2)c1. The van der Waals surface area contributed by atoms with Crippen LogP contribution in [0.3, 0.4) is 0 Å². The molecule has 0 heterocycles. The number of carbonyl (C=O) groups is 1. The smallest absolute Gasteiger partial charge is 0.257 e. The second-order valence-electron chi connectivity index (χ2n) is 4.70. The maximum atomic E-state index is 12.1. The van der Waals surface area contributed by atoms with Gasteiger partial charge >= 0.3 is 0 Å². The number of benzene rings is 2. The molecule has 0 saturated carbocycles. The number of nitriles is 1. The van der Waals surface area contributed by atoms with E-state index >= 15 is 0 Å². The fourth-order valence-electron chi connectivity index (χ4n) is 1.97. The summed E-state index contributed by atoms with van der Waals surface area (Å²) in [4.78, 5) is 12.1. The van der Waals surface area contributed by atoms with Gasteiger partial charge in [-0.3, -0.25) is 4.79 Å². The molecule has 2 rings (SSSR count). The van der Waals surface area contributed by atoms with E-state index in [0.717, 1.165) is 5.56 Å². The molecular formula is C17H16N2O3. The van der Waals surface area contributed by atoms with Gasteiger partial charge < -0.3 is 15.2 Å². The van der Waals surface area contributed by atoms with E-state index in [2.05, 4.69) is 11.4 Å². The first-order valence-corrected chi connectivity index (χ1v) is 6.73. The van der Waals surface area contributed by atoms with Crippen LogP contribution in [0.1, 0.15) is 17.2 Å². The van der Waals surface area contributed by atoms with E-state index in [1.807, 2.05) is 0 Å². The summed E-state index contributed by atoms with van der Waals surface area (Å²) in [5.74, 6) is 0.0477. The molecule has 0 aliphatic carbocycles. The molecule has 0 fully saturated rings. The summed E-state index contributed by atoms with van der Waals surface area (Å²) in [6.45, 7) is 0. The molecular weight excluding hydrogens is 280 g/mol. The van der Waals surface area contributed by atoms with Crippen molar-refractivity contribution in [1.82, 2.24) is 0 Å². The molecule has 1 unspecified atom stereocenters. The third-order valence-electron chi connectivity index (χ3n) is 3.16. The number of methoxy groups -OCH3 is 1. The van der Waals surface area contributed by atoms with Gasteiger partial charge in [0.2, 0.25) is 0 Å². The minimum absolute atomic E-state index is 0.320. The zero-order chi connectivity index (χ0) is 15.9.